The van der Waals surface area contributed by atoms with E-state index in [0.717, 1.165) is 51.1 Å². The molecule has 0 spiro atoms. The molecular weight excluding hydrogens is 419 g/mol. The topological polar surface area (TPSA) is 68.1 Å². The summed E-state index contributed by atoms with van der Waals surface area (Å²) in [5.41, 5.74) is 2.35. The molecule has 0 saturated carbocycles. The van der Waals surface area contributed by atoms with Gasteiger partial charge in [-0.15, -0.1) is 0 Å². The van der Waals surface area contributed by atoms with E-state index < -0.39 is 5.82 Å². The first-order valence-corrected chi connectivity index (χ1v) is 11.8. The predicted octanol–water partition coefficient (Wildman–Crippen LogP) is 4.22. The van der Waals surface area contributed by atoms with Crippen molar-refractivity contribution < 1.29 is 9.13 Å². The van der Waals surface area contributed by atoms with Crippen molar-refractivity contribution >= 4 is 5.95 Å². The van der Waals surface area contributed by atoms with E-state index in [-0.39, 0.29) is 12.1 Å². The van der Waals surface area contributed by atoms with E-state index in [1.807, 2.05) is 6.92 Å². The summed E-state index contributed by atoms with van der Waals surface area (Å²) < 4.78 is 22.4. The third kappa shape index (κ3) is 5.07. The van der Waals surface area contributed by atoms with Crippen molar-refractivity contribution in [1.82, 2.24) is 24.4 Å². The molecule has 0 radical (unpaired) electrons. The second-order valence-corrected chi connectivity index (χ2v) is 8.97. The van der Waals surface area contributed by atoms with Crippen LogP contribution in [-0.2, 0) is 11.3 Å². The molecule has 0 unspecified atom stereocenters. The monoisotopic (exact) mass is 450 g/mol. The molecule has 1 aromatic carbocycles. The van der Waals surface area contributed by atoms with Gasteiger partial charge in [-0.2, -0.15) is 0 Å². The Hall–Kier alpha value is -2.84. The molecule has 2 aliphatic heterocycles. The summed E-state index contributed by atoms with van der Waals surface area (Å²) >= 11 is 0. The third-order valence-electron chi connectivity index (χ3n) is 6.69. The summed E-state index contributed by atoms with van der Waals surface area (Å²) in [5.74, 6) is 0.923. The first kappa shape index (κ1) is 22.0. The number of aryl methyl sites for hydroxylation is 1. The van der Waals surface area contributed by atoms with Gasteiger partial charge in [0.25, 0.3) is 0 Å². The minimum atomic E-state index is -0.425. The van der Waals surface area contributed by atoms with Gasteiger partial charge in [0, 0.05) is 44.9 Å². The van der Waals surface area contributed by atoms with Crippen LogP contribution in [0.3, 0.4) is 0 Å². The Morgan fingerprint density at radius 1 is 1.03 bits per heavy atom. The summed E-state index contributed by atoms with van der Waals surface area (Å²) in [6.45, 7) is 6.38. The van der Waals surface area contributed by atoms with Gasteiger partial charge in [0.15, 0.2) is 5.82 Å². The number of hydrogen-bond donors (Lipinski definition) is 1. The minimum absolute atomic E-state index is 0.246. The van der Waals surface area contributed by atoms with E-state index in [9.17, 15) is 4.39 Å². The van der Waals surface area contributed by atoms with Crippen molar-refractivity contribution in [2.75, 3.05) is 31.6 Å². The van der Waals surface area contributed by atoms with Gasteiger partial charge in [-0.05, 0) is 38.2 Å². The summed E-state index contributed by atoms with van der Waals surface area (Å²) in [5, 5.41) is 3.44. The minimum Gasteiger partial charge on any atom is -0.381 e. The molecule has 33 heavy (non-hydrogen) atoms. The molecule has 0 aliphatic carbocycles. The molecule has 0 amide bonds. The van der Waals surface area contributed by atoms with E-state index in [4.69, 9.17) is 4.74 Å². The van der Waals surface area contributed by atoms with Crippen molar-refractivity contribution in [3.05, 3.63) is 59.9 Å². The van der Waals surface area contributed by atoms with Gasteiger partial charge in [-0.3, -0.25) is 4.90 Å². The summed E-state index contributed by atoms with van der Waals surface area (Å²) in [4.78, 5) is 15.8. The number of benzene rings is 1. The molecule has 2 saturated heterocycles. The molecule has 4 heterocycles. The van der Waals surface area contributed by atoms with Crippen LogP contribution in [0.4, 0.5) is 10.3 Å². The first-order chi connectivity index (χ1) is 16.2. The highest BCUT2D eigenvalue weighted by molar-refractivity contribution is 5.57. The number of ether oxygens (including phenoxy) is 1. The molecule has 2 aromatic heterocycles. The van der Waals surface area contributed by atoms with Crippen LogP contribution in [0.15, 0.2) is 42.7 Å². The molecule has 8 heteroatoms. The van der Waals surface area contributed by atoms with Gasteiger partial charge in [0.2, 0.25) is 5.95 Å². The number of aromatic nitrogens is 4. The molecule has 2 fully saturated rings. The number of halogens is 1. The van der Waals surface area contributed by atoms with Crippen molar-refractivity contribution in [3.8, 4) is 11.4 Å². The number of nitrogens with zero attached hydrogens (tertiary/aromatic N) is 5. The molecule has 1 N–H and O–H groups in total. The number of anilines is 1. The lowest BCUT2D eigenvalue weighted by Gasteiger charge is -2.32. The average molecular weight is 451 g/mol. The van der Waals surface area contributed by atoms with Gasteiger partial charge >= 0.3 is 0 Å². The van der Waals surface area contributed by atoms with Crippen LogP contribution in [0.1, 0.15) is 43.1 Å². The Morgan fingerprint density at radius 2 is 1.79 bits per heavy atom. The maximum absolute atomic E-state index is 14.8. The Morgan fingerprint density at radius 3 is 2.55 bits per heavy atom. The van der Waals surface area contributed by atoms with Gasteiger partial charge < -0.3 is 14.6 Å². The van der Waals surface area contributed by atoms with Crippen molar-refractivity contribution in [2.45, 2.75) is 51.2 Å². The zero-order chi connectivity index (χ0) is 22.6. The van der Waals surface area contributed by atoms with Crippen LogP contribution in [0, 0.1) is 12.7 Å². The van der Waals surface area contributed by atoms with E-state index in [2.05, 4.69) is 60.1 Å². The zero-order valence-corrected chi connectivity index (χ0v) is 19.1. The first-order valence-electron chi connectivity index (χ1n) is 11.8. The summed E-state index contributed by atoms with van der Waals surface area (Å²) in [6, 6.07) is 11.1. The van der Waals surface area contributed by atoms with Crippen LogP contribution >= 0.6 is 0 Å². The maximum atomic E-state index is 14.8. The number of likely N-dealkylation sites (tertiary alicyclic amines) is 1. The number of rotatable bonds is 6. The van der Waals surface area contributed by atoms with Crippen molar-refractivity contribution in [2.24, 2.45) is 0 Å². The van der Waals surface area contributed by atoms with E-state index >= 15 is 0 Å². The Labute approximate surface area is 194 Å². The Kier molecular flexibility index (Phi) is 6.64. The number of imidazole rings is 1. The third-order valence-corrected chi connectivity index (χ3v) is 6.69. The average Bonchev–Trinajstić information content (AvgIpc) is 3.24. The smallest absolute Gasteiger partial charge is 0.223 e. The molecule has 0 atom stereocenters. The fourth-order valence-corrected chi connectivity index (χ4v) is 4.91. The second kappa shape index (κ2) is 9.97. The van der Waals surface area contributed by atoms with Gasteiger partial charge in [0.1, 0.15) is 11.5 Å². The van der Waals surface area contributed by atoms with Gasteiger partial charge in [-0.25, -0.2) is 19.3 Å². The molecule has 174 valence electrons. The largest absolute Gasteiger partial charge is 0.381 e. The van der Waals surface area contributed by atoms with E-state index in [1.54, 1.807) is 6.20 Å². The highest BCUT2D eigenvalue weighted by Crippen LogP contribution is 2.31. The normalized spacial score (nSPS) is 18.5. The van der Waals surface area contributed by atoms with Gasteiger partial charge in [0.05, 0.1) is 18.1 Å². The highest BCUT2D eigenvalue weighted by Gasteiger charge is 2.25. The summed E-state index contributed by atoms with van der Waals surface area (Å²) in [7, 11) is 0. The fraction of sp³-hybridized carbons (Fsp3) is 0.480. The quantitative estimate of drug-likeness (QED) is 0.607. The molecule has 7 nitrogen and oxygen atoms in total. The second-order valence-electron chi connectivity index (χ2n) is 8.97. The molecule has 3 aromatic rings. The lowest BCUT2D eigenvalue weighted by molar-refractivity contribution is 0.0694. The van der Waals surface area contributed by atoms with Crippen LogP contribution in [0.2, 0.25) is 0 Å². The SMILES string of the molecule is Cc1ncc(-c2nc(NC3CCN(Cc4ccccc4)CC3)ncc2F)n1C1CCOCC1. The molecule has 5 rings (SSSR count). The number of piperidine rings is 1. The predicted molar refractivity (Wildman–Crippen MR) is 125 cm³/mol. The molecule has 0 bridgehead atoms. The molecule has 2 aliphatic rings. The Balaban J connectivity index is 1.27. The van der Waals surface area contributed by atoms with Crippen molar-refractivity contribution in [3.63, 3.8) is 0 Å². The van der Waals surface area contributed by atoms with E-state index in [1.165, 1.54) is 11.8 Å². The lowest BCUT2D eigenvalue weighted by Crippen LogP contribution is -2.39. The van der Waals surface area contributed by atoms with Crippen molar-refractivity contribution in [1.29, 1.82) is 0 Å². The maximum Gasteiger partial charge on any atom is 0.223 e. The van der Waals surface area contributed by atoms with Crippen LogP contribution in [-0.4, -0.2) is 56.8 Å². The molecular formula is C25H31FN6O. The summed E-state index contributed by atoms with van der Waals surface area (Å²) in [6.07, 6.45) is 6.78. The van der Waals surface area contributed by atoms with Crippen LogP contribution < -0.4 is 5.32 Å². The van der Waals surface area contributed by atoms with E-state index in [0.29, 0.717) is 30.5 Å². The van der Waals surface area contributed by atoms with Crippen LogP contribution in [0.25, 0.3) is 11.4 Å². The highest BCUT2D eigenvalue weighted by atomic mass is 19.1. The fourth-order valence-electron chi connectivity index (χ4n) is 4.91. The number of nitrogens with one attached hydrogen (secondary N) is 1. The lowest BCUT2D eigenvalue weighted by atomic mass is 10.0. The zero-order valence-electron chi connectivity index (χ0n) is 19.1. The van der Waals surface area contributed by atoms with Crippen LogP contribution in [0.5, 0.6) is 0 Å². The number of hydrogen-bond acceptors (Lipinski definition) is 6. The Bertz CT molecular complexity index is 1060. The standard InChI is InChI=1S/C25H31FN6O/c1-18-27-16-23(32(18)21-9-13-33-14-10-21)24-22(26)15-28-25(30-24)29-20-7-11-31(12-8-20)17-19-5-3-2-4-6-19/h2-6,15-16,20-21H,7-14,17H2,1H3,(H,28,29,30). The van der Waals surface area contributed by atoms with Gasteiger partial charge in [-0.1, -0.05) is 30.3 Å².